The summed E-state index contributed by atoms with van der Waals surface area (Å²) >= 11 is 0. The summed E-state index contributed by atoms with van der Waals surface area (Å²) in [6.07, 6.45) is 9.21. The van der Waals surface area contributed by atoms with Gasteiger partial charge in [-0.3, -0.25) is 4.72 Å². The molecule has 1 aliphatic heterocycles. The van der Waals surface area contributed by atoms with E-state index in [1.165, 1.54) is 41.1 Å². The van der Waals surface area contributed by atoms with Crippen LogP contribution >= 0.6 is 0 Å². The minimum Gasteiger partial charge on any atom is -0.489 e. The van der Waals surface area contributed by atoms with Crippen LogP contribution in [0.25, 0.3) is 5.69 Å². The number of hydrogen-bond donors (Lipinski definition) is 4. The molecular weight excluding hydrogens is 608 g/mol. The second-order valence-corrected chi connectivity index (χ2v) is 13.8. The average Bonchev–Trinajstić information content (AvgIpc) is 3.71. The number of fused-ring (bicyclic) bond motifs is 1. The number of nitrogens with zero attached hydrogens (tertiary/aromatic N) is 5. The van der Waals surface area contributed by atoms with E-state index in [0.717, 1.165) is 24.3 Å². The Labute approximate surface area is 267 Å². The summed E-state index contributed by atoms with van der Waals surface area (Å²) in [5, 5.41) is 21.7. The van der Waals surface area contributed by atoms with Crippen LogP contribution in [0, 0.1) is 5.92 Å². The maximum Gasteiger partial charge on any atom is 0.368 e. The number of ether oxygens (including phenoxy) is 1. The first-order valence-electron chi connectivity index (χ1n) is 15.8. The Morgan fingerprint density at radius 2 is 1.85 bits per heavy atom. The highest BCUT2D eigenvalue weighted by atomic mass is 32.2. The number of sulfonamides is 1. The first kappa shape index (κ1) is 31.7. The molecule has 14 heteroatoms. The molecular formula is C32H40N8O5S. The first-order valence-corrected chi connectivity index (χ1v) is 17.3. The molecule has 5 N–H and O–H groups in total. The van der Waals surface area contributed by atoms with E-state index in [4.69, 9.17) is 10.5 Å². The predicted octanol–water partition coefficient (Wildman–Crippen LogP) is 3.19. The van der Waals surface area contributed by atoms with Gasteiger partial charge >= 0.3 is 5.69 Å². The minimum atomic E-state index is -3.87. The van der Waals surface area contributed by atoms with E-state index in [1.54, 1.807) is 54.7 Å². The number of nitrogens with one attached hydrogen (secondary N) is 2. The van der Waals surface area contributed by atoms with Gasteiger partial charge in [0.05, 0.1) is 16.7 Å². The van der Waals surface area contributed by atoms with Gasteiger partial charge in [-0.1, -0.05) is 31.7 Å². The molecule has 0 bridgehead atoms. The molecule has 2 aromatic heterocycles. The summed E-state index contributed by atoms with van der Waals surface area (Å²) in [4.78, 5) is 17.0. The van der Waals surface area contributed by atoms with E-state index in [1.807, 2.05) is 0 Å². The van der Waals surface area contributed by atoms with Crippen molar-refractivity contribution in [3.8, 4) is 11.4 Å². The summed E-state index contributed by atoms with van der Waals surface area (Å²) in [7, 11) is -3.87. The highest BCUT2D eigenvalue weighted by Gasteiger charge is 2.23. The third-order valence-corrected chi connectivity index (χ3v) is 10.1. The highest BCUT2D eigenvalue weighted by Crippen LogP contribution is 2.31. The largest absolute Gasteiger partial charge is 0.489 e. The van der Waals surface area contributed by atoms with Crippen LogP contribution in [0.4, 0.5) is 11.5 Å². The van der Waals surface area contributed by atoms with E-state index in [9.17, 15) is 18.3 Å². The number of tetrazole rings is 1. The van der Waals surface area contributed by atoms with E-state index in [0.29, 0.717) is 61.0 Å². The van der Waals surface area contributed by atoms with Gasteiger partial charge in [-0.05, 0) is 96.1 Å². The van der Waals surface area contributed by atoms with Gasteiger partial charge in [0.1, 0.15) is 17.7 Å². The molecule has 3 heterocycles. The minimum absolute atomic E-state index is 0.116. The Morgan fingerprint density at radius 1 is 1.04 bits per heavy atom. The number of aliphatic hydroxyl groups excluding tert-OH is 1. The molecule has 46 heavy (non-hydrogen) atoms. The number of hydrogen-bond acceptors (Lipinski definition) is 10. The number of rotatable bonds is 13. The standard InChI is InChI=1S/C32H40N8O5S/c33-31-16-8-24(19-35-31)29(41)21-34-20-27-13-7-23-18-28(14-15-30(23)45-27)46(43,44)36-25-9-11-26(12-10-25)40-32(42)39(37-38-40)17-3-6-22-4-1-2-5-22/h8-12,14-16,18-19,22,27,29,34,36,41H,1-7,13,17,20-21H2,(H2,33,35). The SMILES string of the molecule is Nc1ccc(C(O)CNCC2CCc3cc(S(=O)(=O)Nc4ccc(-n5nnn(CCCC6CCCC6)c5=O)cc4)ccc3O2)cn1. The quantitative estimate of drug-likeness (QED) is 0.168. The van der Waals surface area contributed by atoms with Gasteiger partial charge in [0.15, 0.2) is 0 Å². The number of anilines is 2. The third kappa shape index (κ3) is 7.57. The van der Waals surface area contributed by atoms with Gasteiger partial charge < -0.3 is 20.9 Å². The summed E-state index contributed by atoms with van der Waals surface area (Å²) in [6.45, 7) is 1.39. The lowest BCUT2D eigenvalue weighted by Gasteiger charge is -2.27. The topological polar surface area (TPSA) is 179 Å². The molecule has 2 unspecified atom stereocenters. The maximum atomic E-state index is 13.2. The number of aliphatic hydroxyl groups is 1. The number of nitrogens with two attached hydrogens (primary N) is 1. The van der Waals surface area contributed by atoms with Gasteiger partial charge in [-0.25, -0.2) is 18.2 Å². The van der Waals surface area contributed by atoms with Crippen molar-refractivity contribution in [1.29, 1.82) is 0 Å². The molecule has 6 rings (SSSR count). The van der Waals surface area contributed by atoms with Crippen molar-refractivity contribution in [2.75, 3.05) is 23.5 Å². The van der Waals surface area contributed by atoms with Crippen molar-refractivity contribution in [2.45, 2.75) is 75.0 Å². The summed E-state index contributed by atoms with van der Waals surface area (Å²) in [5.41, 5.74) is 7.64. The fourth-order valence-corrected chi connectivity index (χ4v) is 7.24. The van der Waals surface area contributed by atoms with Gasteiger partial charge in [-0.15, -0.1) is 0 Å². The Kier molecular flexibility index (Phi) is 9.66. The molecule has 0 radical (unpaired) electrons. The lowest BCUT2D eigenvalue weighted by molar-refractivity contribution is 0.146. The smallest absolute Gasteiger partial charge is 0.368 e. The molecule has 0 amide bonds. The second kappa shape index (κ2) is 14.0. The van der Waals surface area contributed by atoms with Crippen LogP contribution in [0.5, 0.6) is 5.75 Å². The Morgan fingerprint density at radius 3 is 2.61 bits per heavy atom. The van der Waals surface area contributed by atoms with Crippen molar-refractivity contribution < 1.29 is 18.3 Å². The van der Waals surface area contributed by atoms with Crippen molar-refractivity contribution in [1.82, 2.24) is 30.1 Å². The lowest BCUT2D eigenvalue weighted by Crippen LogP contribution is -2.36. The second-order valence-electron chi connectivity index (χ2n) is 12.1. The molecule has 1 fully saturated rings. The number of nitrogen functional groups attached to an aromatic ring is 1. The van der Waals surface area contributed by atoms with Crippen LogP contribution in [0.15, 0.2) is 70.5 Å². The zero-order valence-corrected chi connectivity index (χ0v) is 26.4. The van der Waals surface area contributed by atoms with E-state index < -0.39 is 16.1 Å². The van der Waals surface area contributed by atoms with Crippen LogP contribution in [-0.2, 0) is 23.0 Å². The lowest BCUT2D eigenvalue weighted by atomic mass is 10.0. The Bertz CT molecular complexity index is 1780. The zero-order chi connectivity index (χ0) is 32.1. The monoisotopic (exact) mass is 648 g/mol. The molecule has 244 valence electrons. The summed E-state index contributed by atoms with van der Waals surface area (Å²) in [6, 6.07) is 14.7. The third-order valence-electron chi connectivity index (χ3n) is 8.74. The van der Waals surface area contributed by atoms with Gasteiger partial charge in [0.25, 0.3) is 10.0 Å². The van der Waals surface area contributed by atoms with E-state index in [-0.39, 0.29) is 16.7 Å². The van der Waals surface area contributed by atoms with Gasteiger partial charge in [-0.2, -0.15) is 9.36 Å². The molecule has 4 aromatic rings. The van der Waals surface area contributed by atoms with Gasteiger partial charge in [0.2, 0.25) is 0 Å². The van der Waals surface area contributed by atoms with Crippen molar-refractivity contribution in [3.05, 3.63) is 82.4 Å². The molecule has 1 saturated carbocycles. The molecule has 13 nitrogen and oxygen atoms in total. The van der Waals surface area contributed by atoms with Crippen LogP contribution in [0.3, 0.4) is 0 Å². The van der Waals surface area contributed by atoms with E-state index in [2.05, 4.69) is 25.4 Å². The van der Waals surface area contributed by atoms with Crippen LogP contribution in [0.2, 0.25) is 0 Å². The van der Waals surface area contributed by atoms with Gasteiger partial charge in [0, 0.05) is 37.1 Å². The molecule has 0 spiro atoms. The fourth-order valence-electron chi connectivity index (χ4n) is 6.13. The Hall–Kier alpha value is -4.27. The Balaban J connectivity index is 1.01. The van der Waals surface area contributed by atoms with Crippen LogP contribution < -0.4 is 26.2 Å². The number of benzene rings is 2. The molecule has 2 aromatic carbocycles. The highest BCUT2D eigenvalue weighted by molar-refractivity contribution is 7.92. The zero-order valence-electron chi connectivity index (χ0n) is 25.6. The molecule has 1 aliphatic carbocycles. The maximum absolute atomic E-state index is 13.2. The van der Waals surface area contributed by atoms with Crippen LogP contribution in [0.1, 0.15) is 62.2 Å². The van der Waals surface area contributed by atoms with E-state index >= 15 is 0 Å². The molecule has 2 atom stereocenters. The fraction of sp³-hybridized carbons (Fsp3) is 0.438. The number of pyridine rings is 1. The summed E-state index contributed by atoms with van der Waals surface area (Å²) < 4.78 is 37.8. The molecule has 2 aliphatic rings. The van der Waals surface area contributed by atoms with Crippen molar-refractivity contribution >= 4 is 21.5 Å². The molecule has 0 saturated heterocycles. The predicted molar refractivity (Wildman–Crippen MR) is 173 cm³/mol. The number of aryl methyl sites for hydroxylation is 2. The van der Waals surface area contributed by atoms with Crippen LogP contribution in [-0.4, -0.2) is 57.5 Å². The number of aromatic nitrogens is 5. The summed E-state index contributed by atoms with van der Waals surface area (Å²) in [5.74, 6) is 1.79. The average molecular weight is 649 g/mol. The van der Waals surface area contributed by atoms with Crippen molar-refractivity contribution in [3.63, 3.8) is 0 Å². The normalized spacial score (nSPS) is 17.4. The first-order chi connectivity index (χ1) is 22.2. The van der Waals surface area contributed by atoms with Crippen molar-refractivity contribution in [2.24, 2.45) is 5.92 Å².